The lowest BCUT2D eigenvalue weighted by Gasteiger charge is -2.32. The van der Waals surface area contributed by atoms with Crippen LogP contribution in [-0.4, -0.2) is 43.0 Å². The smallest absolute Gasteiger partial charge is 0.315 e. The number of nitrogens with one attached hydrogen (secondary N) is 2. The molecule has 1 aliphatic rings. The highest BCUT2D eigenvalue weighted by atomic mass is 19.3. The summed E-state index contributed by atoms with van der Waals surface area (Å²) in [5, 5.41) is 5.92. The maximum absolute atomic E-state index is 12.4. The van der Waals surface area contributed by atoms with E-state index < -0.39 is 6.43 Å². The Hall–Kier alpha value is -1.69. The van der Waals surface area contributed by atoms with Gasteiger partial charge in [-0.2, -0.15) is 0 Å². The number of urea groups is 1. The van der Waals surface area contributed by atoms with E-state index in [0.29, 0.717) is 25.9 Å². The normalized spacial score (nSPS) is 17.8. The van der Waals surface area contributed by atoms with Gasteiger partial charge in [0.15, 0.2) is 0 Å². The van der Waals surface area contributed by atoms with Crippen molar-refractivity contribution in [2.75, 3.05) is 19.6 Å². The van der Waals surface area contributed by atoms with Gasteiger partial charge in [-0.1, -0.05) is 29.3 Å². The van der Waals surface area contributed by atoms with Crippen LogP contribution in [0.2, 0.25) is 0 Å². The molecule has 134 valence electrons. The van der Waals surface area contributed by atoms with Crippen molar-refractivity contribution in [2.24, 2.45) is 0 Å². The lowest BCUT2D eigenvalue weighted by Crippen LogP contribution is -2.48. The summed E-state index contributed by atoms with van der Waals surface area (Å²) < 4.78 is 24.7. The predicted molar refractivity (Wildman–Crippen MR) is 91.5 cm³/mol. The third kappa shape index (κ3) is 5.74. The van der Waals surface area contributed by atoms with Crippen molar-refractivity contribution >= 4 is 6.03 Å². The van der Waals surface area contributed by atoms with Crippen LogP contribution in [0.15, 0.2) is 18.2 Å². The number of alkyl halides is 2. The molecular formula is C18H27F2N3O. The lowest BCUT2D eigenvalue weighted by atomic mass is 10.0. The third-order valence-corrected chi connectivity index (χ3v) is 4.41. The van der Waals surface area contributed by atoms with E-state index in [-0.39, 0.29) is 24.7 Å². The van der Waals surface area contributed by atoms with Gasteiger partial charge in [-0.3, -0.25) is 4.90 Å². The van der Waals surface area contributed by atoms with Crippen LogP contribution in [0, 0.1) is 13.8 Å². The Bertz CT molecular complexity index is 537. The zero-order valence-electron chi connectivity index (χ0n) is 14.6. The van der Waals surface area contributed by atoms with Crippen molar-refractivity contribution in [3.8, 4) is 0 Å². The summed E-state index contributed by atoms with van der Waals surface area (Å²) >= 11 is 0. The molecule has 2 amide bonds. The van der Waals surface area contributed by atoms with Crippen LogP contribution in [0.1, 0.15) is 42.5 Å². The number of aryl methyl sites for hydroxylation is 2. The highest BCUT2D eigenvalue weighted by Gasteiger charge is 2.23. The Kier molecular flexibility index (Phi) is 6.54. The molecule has 6 heteroatoms. The maximum Gasteiger partial charge on any atom is 0.315 e. The third-order valence-electron chi connectivity index (χ3n) is 4.41. The molecule has 1 heterocycles. The zero-order chi connectivity index (χ0) is 17.7. The van der Waals surface area contributed by atoms with E-state index in [1.807, 2.05) is 20.8 Å². The fourth-order valence-electron chi connectivity index (χ4n) is 3.22. The number of amides is 2. The van der Waals surface area contributed by atoms with Gasteiger partial charge in [-0.05, 0) is 39.2 Å². The van der Waals surface area contributed by atoms with E-state index >= 15 is 0 Å². The number of piperidine rings is 1. The number of hydrogen-bond donors (Lipinski definition) is 2. The summed E-state index contributed by atoms with van der Waals surface area (Å²) in [6, 6.07) is 6.01. The van der Waals surface area contributed by atoms with Crippen LogP contribution in [-0.2, 0) is 0 Å². The minimum atomic E-state index is -2.29. The molecule has 1 atom stereocenters. The SMILES string of the molecule is Cc1cc(C)cc([C@@H](C)NC(=O)NC2CCN(CC(F)F)CC2)c1. The number of benzene rings is 1. The molecular weight excluding hydrogens is 312 g/mol. The Morgan fingerprint density at radius 3 is 2.33 bits per heavy atom. The van der Waals surface area contributed by atoms with Crippen molar-refractivity contribution in [1.82, 2.24) is 15.5 Å². The first-order chi connectivity index (χ1) is 11.3. The Morgan fingerprint density at radius 2 is 1.79 bits per heavy atom. The molecule has 0 aromatic heterocycles. The summed E-state index contributed by atoms with van der Waals surface area (Å²) in [4.78, 5) is 13.9. The van der Waals surface area contributed by atoms with Crippen LogP contribution in [0.25, 0.3) is 0 Å². The molecule has 0 spiro atoms. The highest BCUT2D eigenvalue weighted by Crippen LogP contribution is 2.17. The van der Waals surface area contributed by atoms with E-state index in [4.69, 9.17) is 0 Å². The van der Waals surface area contributed by atoms with Gasteiger partial charge in [0, 0.05) is 19.1 Å². The number of rotatable bonds is 5. The van der Waals surface area contributed by atoms with Crippen molar-refractivity contribution in [3.63, 3.8) is 0 Å². The summed E-state index contributed by atoms with van der Waals surface area (Å²) in [6.45, 7) is 7.05. The second kappa shape index (κ2) is 8.42. The summed E-state index contributed by atoms with van der Waals surface area (Å²) in [5.41, 5.74) is 3.42. The van der Waals surface area contributed by atoms with Gasteiger partial charge in [0.1, 0.15) is 0 Å². The fourth-order valence-corrected chi connectivity index (χ4v) is 3.22. The fraction of sp³-hybridized carbons (Fsp3) is 0.611. The first-order valence-corrected chi connectivity index (χ1v) is 8.49. The molecule has 2 N–H and O–H groups in total. The topological polar surface area (TPSA) is 44.4 Å². The van der Waals surface area contributed by atoms with E-state index in [1.165, 1.54) is 11.1 Å². The van der Waals surface area contributed by atoms with Gasteiger partial charge >= 0.3 is 6.03 Å². The van der Waals surface area contributed by atoms with Crippen LogP contribution in [0.5, 0.6) is 0 Å². The number of carbonyl (C=O) groups excluding carboxylic acids is 1. The van der Waals surface area contributed by atoms with E-state index in [1.54, 1.807) is 4.90 Å². The van der Waals surface area contributed by atoms with Crippen LogP contribution in [0.4, 0.5) is 13.6 Å². The Balaban J connectivity index is 1.79. The second-order valence-electron chi connectivity index (χ2n) is 6.73. The van der Waals surface area contributed by atoms with Crippen LogP contribution >= 0.6 is 0 Å². The first kappa shape index (κ1) is 18.6. The average molecular weight is 339 g/mol. The van der Waals surface area contributed by atoms with Crippen molar-refractivity contribution < 1.29 is 13.6 Å². The molecule has 0 bridgehead atoms. The molecule has 0 aliphatic carbocycles. The molecule has 0 unspecified atom stereocenters. The summed E-state index contributed by atoms with van der Waals surface area (Å²) in [6.07, 6.45) is -0.882. The number of hydrogen-bond acceptors (Lipinski definition) is 2. The molecule has 0 radical (unpaired) electrons. The van der Waals surface area contributed by atoms with Gasteiger partial charge in [-0.15, -0.1) is 0 Å². The molecule has 0 saturated carbocycles. The minimum Gasteiger partial charge on any atom is -0.335 e. The second-order valence-corrected chi connectivity index (χ2v) is 6.73. The van der Waals surface area contributed by atoms with Crippen LogP contribution < -0.4 is 10.6 Å². The summed E-state index contributed by atoms with van der Waals surface area (Å²) in [5.74, 6) is 0. The molecule has 1 aromatic carbocycles. The van der Waals surface area contributed by atoms with Crippen LogP contribution in [0.3, 0.4) is 0 Å². The van der Waals surface area contributed by atoms with Gasteiger partial charge in [0.05, 0.1) is 12.6 Å². The highest BCUT2D eigenvalue weighted by molar-refractivity contribution is 5.74. The van der Waals surface area contributed by atoms with Crippen molar-refractivity contribution in [1.29, 1.82) is 0 Å². The molecule has 1 aromatic rings. The van der Waals surface area contributed by atoms with E-state index in [2.05, 4.69) is 28.8 Å². The zero-order valence-corrected chi connectivity index (χ0v) is 14.6. The predicted octanol–water partition coefficient (Wildman–Crippen LogP) is 3.39. The molecule has 1 saturated heterocycles. The standard InChI is InChI=1S/C18H27F2N3O/c1-12-8-13(2)10-15(9-12)14(3)21-18(24)22-16-4-6-23(7-5-16)11-17(19)20/h8-10,14,16-17H,4-7,11H2,1-3H3,(H2,21,22,24)/t14-/m1/s1. The van der Waals surface area contributed by atoms with Gasteiger partial charge in [0.2, 0.25) is 0 Å². The van der Waals surface area contributed by atoms with E-state index in [0.717, 1.165) is 5.56 Å². The molecule has 2 rings (SSSR count). The molecule has 4 nitrogen and oxygen atoms in total. The molecule has 1 fully saturated rings. The minimum absolute atomic E-state index is 0.0466. The van der Waals surface area contributed by atoms with Crippen molar-refractivity contribution in [3.05, 3.63) is 34.9 Å². The van der Waals surface area contributed by atoms with E-state index in [9.17, 15) is 13.6 Å². The summed E-state index contributed by atoms with van der Waals surface area (Å²) in [7, 11) is 0. The molecule has 1 aliphatic heterocycles. The average Bonchev–Trinajstić information content (AvgIpc) is 2.47. The quantitative estimate of drug-likeness (QED) is 0.864. The van der Waals surface area contributed by atoms with Gasteiger partial charge in [-0.25, -0.2) is 13.6 Å². The maximum atomic E-state index is 12.4. The van der Waals surface area contributed by atoms with Gasteiger partial charge in [0.25, 0.3) is 6.43 Å². The first-order valence-electron chi connectivity index (χ1n) is 8.49. The lowest BCUT2D eigenvalue weighted by molar-refractivity contribution is 0.0736. The number of likely N-dealkylation sites (tertiary alicyclic amines) is 1. The number of nitrogens with zero attached hydrogens (tertiary/aromatic N) is 1. The van der Waals surface area contributed by atoms with Gasteiger partial charge < -0.3 is 10.6 Å². The number of carbonyl (C=O) groups is 1. The largest absolute Gasteiger partial charge is 0.335 e. The number of halogens is 2. The Morgan fingerprint density at radius 1 is 1.21 bits per heavy atom. The van der Waals surface area contributed by atoms with Crippen molar-refractivity contribution in [2.45, 2.75) is 52.1 Å². The monoisotopic (exact) mass is 339 g/mol. The Labute approximate surface area is 142 Å². The molecule has 24 heavy (non-hydrogen) atoms.